The van der Waals surface area contributed by atoms with Crippen LogP contribution in [0.2, 0.25) is 0 Å². The molecule has 0 amide bonds. The standard InChI is InChI=1S/C22H26FN5O2/c1-14(2)10-18-24-19(30-27-18)13-28-8-6-22(7-9-28)12-17(22)21-26-25-20(29-21)15-4-3-5-16(23)11-15/h3-5,11,14,17H,6-10,12-13H2,1-2H3/t17-/m0/s1. The van der Waals surface area contributed by atoms with Crippen molar-refractivity contribution in [2.24, 2.45) is 11.3 Å². The van der Waals surface area contributed by atoms with Gasteiger partial charge in [0.1, 0.15) is 5.82 Å². The highest BCUT2D eigenvalue weighted by Gasteiger charge is 2.58. The van der Waals surface area contributed by atoms with E-state index in [0.717, 1.165) is 44.6 Å². The number of benzene rings is 1. The van der Waals surface area contributed by atoms with E-state index < -0.39 is 0 Å². The number of piperidine rings is 1. The molecule has 8 heteroatoms. The minimum atomic E-state index is -0.305. The Balaban J connectivity index is 1.17. The Bertz CT molecular complexity index is 1020. The third kappa shape index (κ3) is 3.88. The molecular formula is C22H26FN5O2. The van der Waals surface area contributed by atoms with Gasteiger partial charge in [-0.2, -0.15) is 4.98 Å². The van der Waals surface area contributed by atoms with Crippen molar-refractivity contribution >= 4 is 0 Å². The molecule has 158 valence electrons. The third-order valence-electron chi connectivity index (χ3n) is 6.31. The second kappa shape index (κ2) is 7.58. The van der Waals surface area contributed by atoms with E-state index in [9.17, 15) is 4.39 Å². The van der Waals surface area contributed by atoms with Crippen LogP contribution >= 0.6 is 0 Å². The van der Waals surface area contributed by atoms with E-state index in [2.05, 4.69) is 39.1 Å². The van der Waals surface area contributed by atoms with Crippen LogP contribution in [0.1, 0.15) is 56.6 Å². The molecule has 1 saturated heterocycles. The first-order chi connectivity index (χ1) is 14.5. The van der Waals surface area contributed by atoms with Crippen molar-refractivity contribution in [2.45, 2.75) is 52.0 Å². The number of halogens is 1. The third-order valence-corrected chi connectivity index (χ3v) is 6.31. The Hall–Kier alpha value is -2.61. The molecular weight excluding hydrogens is 385 g/mol. The fourth-order valence-electron chi connectivity index (χ4n) is 4.51. The molecule has 1 atom stereocenters. The predicted octanol–water partition coefficient (Wildman–Crippen LogP) is 4.23. The van der Waals surface area contributed by atoms with Gasteiger partial charge in [0.15, 0.2) is 5.82 Å². The molecule has 0 unspecified atom stereocenters. The van der Waals surface area contributed by atoms with Crippen LogP contribution in [0.4, 0.5) is 4.39 Å². The summed E-state index contributed by atoms with van der Waals surface area (Å²) in [7, 11) is 0. The molecule has 1 saturated carbocycles. The van der Waals surface area contributed by atoms with Gasteiger partial charge in [-0.1, -0.05) is 25.1 Å². The summed E-state index contributed by atoms with van der Waals surface area (Å²) in [5.74, 6) is 3.07. The van der Waals surface area contributed by atoms with Crippen LogP contribution in [-0.2, 0) is 13.0 Å². The zero-order valence-electron chi connectivity index (χ0n) is 17.3. The highest BCUT2D eigenvalue weighted by Crippen LogP contribution is 2.64. The average Bonchev–Trinajstić information content (AvgIpc) is 3.07. The van der Waals surface area contributed by atoms with Crippen LogP contribution in [0.3, 0.4) is 0 Å². The van der Waals surface area contributed by atoms with E-state index in [1.54, 1.807) is 12.1 Å². The van der Waals surface area contributed by atoms with Crippen LogP contribution in [-0.4, -0.2) is 38.3 Å². The summed E-state index contributed by atoms with van der Waals surface area (Å²) < 4.78 is 24.8. The lowest BCUT2D eigenvalue weighted by molar-refractivity contribution is 0.144. The molecule has 0 bridgehead atoms. The highest BCUT2D eigenvalue weighted by molar-refractivity contribution is 5.52. The lowest BCUT2D eigenvalue weighted by Crippen LogP contribution is -2.34. The molecule has 2 aliphatic rings. The molecule has 1 aliphatic heterocycles. The summed E-state index contributed by atoms with van der Waals surface area (Å²) in [5, 5.41) is 12.5. The van der Waals surface area contributed by atoms with Crippen LogP contribution in [0.25, 0.3) is 11.5 Å². The highest BCUT2D eigenvalue weighted by atomic mass is 19.1. The van der Waals surface area contributed by atoms with Gasteiger partial charge in [-0.25, -0.2) is 4.39 Å². The van der Waals surface area contributed by atoms with Crippen LogP contribution < -0.4 is 0 Å². The van der Waals surface area contributed by atoms with Gasteiger partial charge in [0, 0.05) is 17.9 Å². The summed E-state index contributed by atoms with van der Waals surface area (Å²) >= 11 is 0. The molecule has 1 aliphatic carbocycles. The van der Waals surface area contributed by atoms with Gasteiger partial charge in [-0.15, -0.1) is 10.2 Å². The molecule has 3 aromatic rings. The van der Waals surface area contributed by atoms with Crippen molar-refractivity contribution in [1.82, 2.24) is 25.2 Å². The molecule has 1 spiro atoms. The van der Waals surface area contributed by atoms with Gasteiger partial charge in [0.25, 0.3) is 0 Å². The van der Waals surface area contributed by atoms with Crippen LogP contribution in [0, 0.1) is 17.2 Å². The topological polar surface area (TPSA) is 81.1 Å². The number of rotatable bonds is 6. The largest absolute Gasteiger partial charge is 0.420 e. The zero-order valence-corrected chi connectivity index (χ0v) is 17.3. The second-order valence-electron chi connectivity index (χ2n) is 9.05. The van der Waals surface area contributed by atoms with Gasteiger partial charge < -0.3 is 8.94 Å². The molecule has 7 nitrogen and oxygen atoms in total. The fourth-order valence-corrected chi connectivity index (χ4v) is 4.51. The molecule has 5 rings (SSSR count). The van der Waals surface area contributed by atoms with Crippen molar-refractivity contribution in [3.05, 3.63) is 47.7 Å². The van der Waals surface area contributed by atoms with E-state index in [0.29, 0.717) is 41.6 Å². The average molecular weight is 411 g/mol. The quantitative estimate of drug-likeness (QED) is 0.600. The Morgan fingerprint density at radius 1 is 1.23 bits per heavy atom. The van der Waals surface area contributed by atoms with Crippen molar-refractivity contribution in [3.63, 3.8) is 0 Å². The smallest absolute Gasteiger partial charge is 0.247 e. The van der Waals surface area contributed by atoms with Gasteiger partial charge >= 0.3 is 0 Å². The first-order valence-corrected chi connectivity index (χ1v) is 10.6. The predicted molar refractivity (Wildman–Crippen MR) is 107 cm³/mol. The molecule has 3 heterocycles. The Labute approximate surface area is 174 Å². The van der Waals surface area contributed by atoms with E-state index >= 15 is 0 Å². The second-order valence-corrected chi connectivity index (χ2v) is 9.05. The summed E-state index contributed by atoms with van der Waals surface area (Å²) in [6.07, 6.45) is 4.09. The van der Waals surface area contributed by atoms with E-state index in [-0.39, 0.29) is 11.2 Å². The first kappa shape index (κ1) is 19.4. The minimum absolute atomic E-state index is 0.250. The SMILES string of the molecule is CC(C)Cc1noc(CN2CCC3(CC2)C[C@H]3c2nnc(-c3cccc(F)c3)o2)n1. The van der Waals surface area contributed by atoms with Crippen molar-refractivity contribution < 1.29 is 13.3 Å². The molecule has 0 N–H and O–H groups in total. The number of hydrogen-bond acceptors (Lipinski definition) is 7. The Kier molecular flexibility index (Phi) is 4.89. The number of hydrogen-bond donors (Lipinski definition) is 0. The van der Waals surface area contributed by atoms with Gasteiger partial charge in [0.2, 0.25) is 17.7 Å². The molecule has 2 aromatic heterocycles. The van der Waals surface area contributed by atoms with Gasteiger partial charge in [-0.05, 0) is 61.9 Å². The normalized spacial score (nSPS) is 20.9. The monoisotopic (exact) mass is 411 g/mol. The molecule has 0 radical (unpaired) electrons. The zero-order chi connectivity index (χ0) is 20.7. The lowest BCUT2D eigenvalue weighted by atomic mass is 9.91. The number of likely N-dealkylation sites (tertiary alicyclic amines) is 1. The molecule has 30 heavy (non-hydrogen) atoms. The van der Waals surface area contributed by atoms with Gasteiger partial charge in [-0.3, -0.25) is 4.90 Å². The maximum absolute atomic E-state index is 13.5. The van der Waals surface area contributed by atoms with Crippen molar-refractivity contribution in [1.29, 1.82) is 0 Å². The van der Waals surface area contributed by atoms with Gasteiger partial charge in [0.05, 0.1) is 6.54 Å². The van der Waals surface area contributed by atoms with Crippen LogP contribution in [0.5, 0.6) is 0 Å². The Morgan fingerprint density at radius 3 is 2.83 bits per heavy atom. The van der Waals surface area contributed by atoms with E-state index in [1.807, 2.05) is 0 Å². The first-order valence-electron chi connectivity index (χ1n) is 10.6. The van der Waals surface area contributed by atoms with Crippen molar-refractivity contribution in [3.8, 4) is 11.5 Å². The number of aromatic nitrogens is 4. The van der Waals surface area contributed by atoms with E-state index in [4.69, 9.17) is 8.94 Å². The summed E-state index contributed by atoms with van der Waals surface area (Å²) in [6, 6.07) is 6.26. The summed E-state index contributed by atoms with van der Waals surface area (Å²) in [6.45, 7) is 6.98. The Morgan fingerprint density at radius 2 is 2.07 bits per heavy atom. The lowest BCUT2D eigenvalue weighted by Gasteiger charge is -2.31. The number of nitrogens with zero attached hydrogens (tertiary/aromatic N) is 5. The summed E-state index contributed by atoms with van der Waals surface area (Å²) in [4.78, 5) is 6.89. The van der Waals surface area contributed by atoms with E-state index in [1.165, 1.54) is 12.1 Å². The summed E-state index contributed by atoms with van der Waals surface area (Å²) in [5.41, 5.74) is 0.870. The van der Waals surface area contributed by atoms with Crippen LogP contribution in [0.15, 0.2) is 33.2 Å². The molecule has 1 aromatic carbocycles. The fraction of sp³-hybridized carbons (Fsp3) is 0.545. The maximum Gasteiger partial charge on any atom is 0.247 e. The van der Waals surface area contributed by atoms with Crippen molar-refractivity contribution in [2.75, 3.05) is 13.1 Å². The molecule has 2 fully saturated rings. The maximum atomic E-state index is 13.5. The minimum Gasteiger partial charge on any atom is -0.420 e.